The van der Waals surface area contributed by atoms with Crippen LogP contribution in [0.1, 0.15) is 48.5 Å². The second-order valence-electron chi connectivity index (χ2n) is 4.81. The first-order valence-electron chi connectivity index (χ1n) is 6.44. The van der Waals surface area contributed by atoms with Crippen LogP contribution >= 0.6 is 0 Å². The van der Waals surface area contributed by atoms with Crippen molar-refractivity contribution in [1.29, 1.82) is 5.26 Å². The van der Waals surface area contributed by atoms with E-state index in [2.05, 4.69) is 47.4 Å². The van der Waals surface area contributed by atoms with E-state index in [0.717, 1.165) is 6.42 Å². The lowest BCUT2D eigenvalue weighted by Gasteiger charge is -2.01. The SMILES string of the molecule is Cc1ccc(Cc2noc(C(C)CCC#N)n2)cc1. The van der Waals surface area contributed by atoms with Crippen LogP contribution < -0.4 is 0 Å². The van der Waals surface area contributed by atoms with Crippen molar-refractivity contribution in [1.82, 2.24) is 10.1 Å². The molecule has 1 atom stereocenters. The zero-order valence-corrected chi connectivity index (χ0v) is 11.3. The molecule has 0 aliphatic rings. The molecule has 1 unspecified atom stereocenters. The Morgan fingerprint density at radius 1 is 1.32 bits per heavy atom. The van der Waals surface area contributed by atoms with Gasteiger partial charge in [0.25, 0.3) is 0 Å². The van der Waals surface area contributed by atoms with Crippen molar-refractivity contribution in [3.8, 4) is 6.07 Å². The molecule has 19 heavy (non-hydrogen) atoms. The molecule has 0 saturated carbocycles. The van der Waals surface area contributed by atoms with Crippen molar-refractivity contribution in [3.63, 3.8) is 0 Å². The highest BCUT2D eigenvalue weighted by Crippen LogP contribution is 2.19. The quantitative estimate of drug-likeness (QED) is 0.821. The topological polar surface area (TPSA) is 62.7 Å². The van der Waals surface area contributed by atoms with Crippen LogP contribution in [0.4, 0.5) is 0 Å². The van der Waals surface area contributed by atoms with Gasteiger partial charge >= 0.3 is 0 Å². The lowest BCUT2D eigenvalue weighted by molar-refractivity contribution is 0.351. The molecule has 0 bridgehead atoms. The highest BCUT2D eigenvalue weighted by molar-refractivity contribution is 5.23. The molecule has 4 heteroatoms. The van der Waals surface area contributed by atoms with Crippen molar-refractivity contribution in [3.05, 3.63) is 47.1 Å². The number of hydrogen-bond donors (Lipinski definition) is 0. The number of rotatable bonds is 5. The second kappa shape index (κ2) is 6.14. The van der Waals surface area contributed by atoms with E-state index < -0.39 is 0 Å². The van der Waals surface area contributed by atoms with Gasteiger partial charge in [-0.25, -0.2) is 0 Å². The molecule has 0 saturated heterocycles. The van der Waals surface area contributed by atoms with E-state index in [9.17, 15) is 0 Å². The van der Waals surface area contributed by atoms with Gasteiger partial charge in [0.2, 0.25) is 5.89 Å². The summed E-state index contributed by atoms with van der Waals surface area (Å²) in [5.41, 5.74) is 2.41. The Balaban J connectivity index is 2.01. The van der Waals surface area contributed by atoms with E-state index in [0.29, 0.717) is 24.6 Å². The van der Waals surface area contributed by atoms with E-state index in [1.807, 2.05) is 6.92 Å². The number of nitriles is 1. The summed E-state index contributed by atoms with van der Waals surface area (Å²) < 4.78 is 5.25. The molecule has 0 spiro atoms. The van der Waals surface area contributed by atoms with Crippen LogP contribution in [0, 0.1) is 18.3 Å². The Hall–Kier alpha value is -2.15. The number of nitrogens with zero attached hydrogens (tertiary/aromatic N) is 3. The molecule has 1 aromatic carbocycles. The van der Waals surface area contributed by atoms with Gasteiger partial charge in [-0.1, -0.05) is 41.9 Å². The highest BCUT2D eigenvalue weighted by atomic mass is 16.5. The maximum Gasteiger partial charge on any atom is 0.229 e. The zero-order chi connectivity index (χ0) is 13.7. The Labute approximate surface area is 113 Å². The van der Waals surface area contributed by atoms with Crippen molar-refractivity contribution in [2.45, 2.75) is 39.0 Å². The number of aryl methyl sites for hydroxylation is 1. The van der Waals surface area contributed by atoms with Crippen LogP contribution in [0.25, 0.3) is 0 Å². The molecule has 2 aromatic rings. The number of benzene rings is 1. The normalized spacial score (nSPS) is 12.1. The van der Waals surface area contributed by atoms with Crippen LogP contribution in [-0.4, -0.2) is 10.1 Å². The van der Waals surface area contributed by atoms with Gasteiger partial charge in [0.15, 0.2) is 5.82 Å². The molecule has 98 valence electrons. The minimum absolute atomic E-state index is 0.138. The Morgan fingerprint density at radius 3 is 2.74 bits per heavy atom. The van der Waals surface area contributed by atoms with Crippen molar-refractivity contribution in [2.24, 2.45) is 0 Å². The van der Waals surface area contributed by atoms with Crippen molar-refractivity contribution >= 4 is 0 Å². The molecule has 1 aromatic heterocycles. The molecular weight excluding hydrogens is 238 g/mol. The van der Waals surface area contributed by atoms with Gasteiger partial charge in [-0.05, 0) is 18.9 Å². The van der Waals surface area contributed by atoms with E-state index >= 15 is 0 Å². The van der Waals surface area contributed by atoms with E-state index in [1.165, 1.54) is 11.1 Å². The standard InChI is InChI=1S/C15H17N3O/c1-11-5-7-13(8-6-11)10-14-17-15(19-18-14)12(2)4-3-9-16/h5-8,12H,3-4,10H2,1-2H3. The summed E-state index contributed by atoms with van der Waals surface area (Å²) in [5.74, 6) is 1.46. The third-order valence-corrected chi connectivity index (χ3v) is 3.08. The van der Waals surface area contributed by atoms with Crippen LogP contribution in [0.3, 0.4) is 0 Å². The van der Waals surface area contributed by atoms with E-state index in [1.54, 1.807) is 0 Å². The van der Waals surface area contributed by atoms with Gasteiger partial charge in [0.1, 0.15) is 0 Å². The number of aromatic nitrogens is 2. The third-order valence-electron chi connectivity index (χ3n) is 3.08. The first-order chi connectivity index (χ1) is 9.19. The van der Waals surface area contributed by atoms with Crippen molar-refractivity contribution in [2.75, 3.05) is 0 Å². The molecule has 0 amide bonds. The molecule has 0 radical (unpaired) electrons. The van der Waals surface area contributed by atoms with Crippen molar-refractivity contribution < 1.29 is 4.52 Å². The first-order valence-corrected chi connectivity index (χ1v) is 6.44. The smallest absolute Gasteiger partial charge is 0.229 e. The fourth-order valence-corrected chi connectivity index (χ4v) is 1.83. The van der Waals surface area contributed by atoms with Gasteiger partial charge in [-0.3, -0.25) is 0 Å². The summed E-state index contributed by atoms with van der Waals surface area (Å²) in [4.78, 5) is 4.39. The van der Waals surface area contributed by atoms with Crippen LogP contribution in [0.2, 0.25) is 0 Å². The van der Waals surface area contributed by atoms with Gasteiger partial charge in [0.05, 0.1) is 6.07 Å². The third kappa shape index (κ3) is 3.65. The van der Waals surface area contributed by atoms with Gasteiger partial charge in [-0.2, -0.15) is 10.2 Å². The molecule has 0 N–H and O–H groups in total. The Morgan fingerprint density at radius 2 is 2.05 bits per heavy atom. The summed E-state index contributed by atoms with van der Waals surface area (Å²) in [5, 5.41) is 12.6. The van der Waals surface area contributed by atoms with Gasteiger partial charge < -0.3 is 4.52 Å². The van der Waals surface area contributed by atoms with Crippen LogP contribution in [0.5, 0.6) is 0 Å². The molecule has 0 fully saturated rings. The molecule has 4 nitrogen and oxygen atoms in total. The summed E-state index contributed by atoms with van der Waals surface area (Å²) >= 11 is 0. The maximum atomic E-state index is 8.57. The lowest BCUT2D eigenvalue weighted by atomic mass is 10.1. The highest BCUT2D eigenvalue weighted by Gasteiger charge is 2.14. The fraction of sp³-hybridized carbons (Fsp3) is 0.400. The summed E-state index contributed by atoms with van der Waals surface area (Å²) in [6.45, 7) is 4.06. The minimum Gasteiger partial charge on any atom is -0.339 e. The monoisotopic (exact) mass is 255 g/mol. The predicted octanol–water partition coefficient (Wildman–Crippen LogP) is 3.38. The first kappa shape index (κ1) is 13.3. The van der Waals surface area contributed by atoms with Crippen LogP contribution in [-0.2, 0) is 6.42 Å². The average molecular weight is 255 g/mol. The van der Waals surface area contributed by atoms with Crippen LogP contribution in [0.15, 0.2) is 28.8 Å². The summed E-state index contributed by atoms with van der Waals surface area (Å²) in [7, 11) is 0. The second-order valence-corrected chi connectivity index (χ2v) is 4.81. The zero-order valence-electron chi connectivity index (χ0n) is 11.3. The summed E-state index contributed by atoms with van der Waals surface area (Å²) in [6.07, 6.45) is 1.94. The average Bonchev–Trinajstić information content (AvgIpc) is 2.87. The molecular formula is C15H17N3O. The Kier molecular flexibility index (Phi) is 4.30. The molecule has 0 aliphatic heterocycles. The number of hydrogen-bond acceptors (Lipinski definition) is 4. The lowest BCUT2D eigenvalue weighted by Crippen LogP contribution is -1.95. The molecule has 0 aliphatic carbocycles. The van der Waals surface area contributed by atoms with E-state index in [-0.39, 0.29) is 5.92 Å². The maximum absolute atomic E-state index is 8.57. The predicted molar refractivity (Wildman–Crippen MR) is 71.5 cm³/mol. The van der Waals surface area contributed by atoms with Gasteiger partial charge in [-0.15, -0.1) is 0 Å². The fourth-order valence-electron chi connectivity index (χ4n) is 1.83. The van der Waals surface area contributed by atoms with E-state index in [4.69, 9.17) is 9.78 Å². The Bertz CT molecular complexity index is 566. The molecule has 1 heterocycles. The largest absolute Gasteiger partial charge is 0.339 e. The summed E-state index contributed by atoms with van der Waals surface area (Å²) in [6, 6.07) is 10.4. The molecule has 2 rings (SSSR count). The minimum atomic E-state index is 0.138. The van der Waals surface area contributed by atoms with Gasteiger partial charge in [0, 0.05) is 18.8 Å².